The summed E-state index contributed by atoms with van der Waals surface area (Å²) in [6.45, 7) is 4.31. The van der Waals surface area contributed by atoms with Gasteiger partial charge in [0.15, 0.2) is 0 Å². The van der Waals surface area contributed by atoms with Gasteiger partial charge in [-0.3, -0.25) is 4.79 Å². The average molecular weight is 284 g/mol. The summed E-state index contributed by atoms with van der Waals surface area (Å²) in [5, 5.41) is 15.5. The van der Waals surface area contributed by atoms with Gasteiger partial charge in [0.25, 0.3) is 0 Å². The summed E-state index contributed by atoms with van der Waals surface area (Å²) in [4.78, 5) is 24.3. The molecule has 1 aromatic rings. The summed E-state index contributed by atoms with van der Waals surface area (Å²) in [5.41, 5.74) is 1.07. The zero-order chi connectivity index (χ0) is 14.4. The Bertz CT molecular complexity index is 418. The highest BCUT2D eigenvalue weighted by Crippen LogP contribution is 2.10. The van der Waals surface area contributed by atoms with Gasteiger partial charge in [0, 0.05) is 19.6 Å². The fourth-order valence-electron chi connectivity index (χ4n) is 1.64. The first-order valence-electron chi connectivity index (χ1n) is 6.14. The molecule has 0 aliphatic carbocycles. The van der Waals surface area contributed by atoms with E-state index in [1.807, 2.05) is 30.7 Å². The van der Waals surface area contributed by atoms with Crippen molar-refractivity contribution >= 4 is 23.3 Å². The molecule has 5 nitrogen and oxygen atoms in total. The van der Waals surface area contributed by atoms with Gasteiger partial charge < -0.3 is 15.3 Å². The predicted molar refractivity (Wildman–Crippen MR) is 75.2 cm³/mol. The number of carboxylic acids is 1. The number of carboxylic acid groups (broad SMARTS) is 1. The highest BCUT2D eigenvalue weighted by Gasteiger charge is 2.21. The second-order valence-corrected chi connectivity index (χ2v) is 5.67. The number of thiophene rings is 1. The minimum absolute atomic E-state index is 0.0598. The molecule has 0 saturated heterocycles. The highest BCUT2D eigenvalue weighted by atomic mass is 32.1. The lowest BCUT2D eigenvalue weighted by Gasteiger charge is -2.24. The zero-order valence-corrected chi connectivity index (χ0v) is 12.2. The van der Waals surface area contributed by atoms with Crippen LogP contribution in [0.15, 0.2) is 16.8 Å². The van der Waals surface area contributed by atoms with E-state index in [4.69, 9.17) is 5.11 Å². The van der Waals surface area contributed by atoms with Crippen molar-refractivity contribution < 1.29 is 14.7 Å². The van der Waals surface area contributed by atoms with E-state index in [1.54, 1.807) is 23.3 Å². The second-order valence-electron chi connectivity index (χ2n) is 4.89. The summed E-state index contributed by atoms with van der Waals surface area (Å²) in [5.74, 6) is -0.825. The lowest BCUT2D eigenvalue weighted by atomic mass is 10.0. The van der Waals surface area contributed by atoms with Gasteiger partial charge >= 0.3 is 12.0 Å². The van der Waals surface area contributed by atoms with Crippen molar-refractivity contribution in [3.63, 3.8) is 0 Å². The van der Waals surface area contributed by atoms with Crippen molar-refractivity contribution in [2.45, 2.75) is 32.9 Å². The summed E-state index contributed by atoms with van der Waals surface area (Å²) >= 11 is 1.58. The number of hydrogen-bond acceptors (Lipinski definition) is 3. The van der Waals surface area contributed by atoms with Crippen LogP contribution in [0.3, 0.4) is 0 Å². The molecule has 6 heteroatoms. The largest absolute Gasteiger partial charge is 0.481 e. The first-order chi connectivity index (χ1) is 8.90. The molecular formula is C13H20N2O3S. The molecular weight excluding hydrogens is 264 g/mol. The van der Waals surface area contributed by atoms with Gasteiger partial charge in [-0.1, -0.05) is 13.8 Å². The van der Waals surface area contributed by atoms with Crippen molar-refractivity contribution in [3.05, 3.63) is 22.4 Å². The van der Waals surface area contributed by atoms with Gasteiger partial charge in [0.2, 0.25) is 0 Å². The van der Waals surface area contributed by atoms with Gasteiger partial charge in [0.05, 0.1) is 6.42 Å². The Labute approximate surface area is 117 Å². The van der Waals surface area contributed by atoms with Crippen LogP contribution in [0.5, 0.6) is 0 Å². The quantitative estimate of drug-likeness (QED) is 0.842. The molecule has 1 aromatic heterocycles. The lowest BCUT2D eigenvalue weighted by molar-refractivity contribution is -0.137. The molecule has 0 aliphatic heterocycles. The normalized spacial score (nSPS) is 12.2. The SMILES string of the molecule is CC(C)C(CC(=O)O)NC(=O)N(C)Cc1ccsc1. The van der Waals surface area contributed by atoms with E-state index in [0.717, 1.165) is 5.56 Å². The molecule has 0 aromatic carbocycles. The van der Waals surface area contributed by atoms with Gasteiger partial charge in [-0.15, -0.1) is 0 Å². The third-order valence-electron chi connectivity index (χ3n) is 2.85. The zero-order valence-electron chi connectivity index (χ0n) is 11.4. The maximum Gasteiger partial charge on any atom is 0.317 e. The summed E-state index contributed by atoms with van der Waals surface area (Å²) in [6.07, 6.45) is -0.0598. The fourth-order valence-corrected chi connectivity index (χ4v) is 2.30. The number of nitrogens with zero attached hydrogens (tertiary/aromatic N) is 1. The Hall–Kier alpha value is -1.56. The molecule has 0 saturated carbocycles. The number of amides is 2. The Morgan fingerprint density at radius 2 is 2.16 bits per heavy atom. The van der Waals surface area contributed by atoms with E-state index in [9.17, 15) is 9.59 Å². The van der Waals surface area contributed by atoms with Crippen molar-refractivity contribution in [3.8, 4) is 0 Å². The van der Waals surface area contributed by atoms with E-state index in [2.05, 4.69) is 5.32 Å². The number of carbonyl (C=O) groups is 2. The minimum atomic E-state index is -0.903. The molecule has 1 rings (SSSR count). The topological polar surface area (TPSA) is 69.6 Å². The molecule has 1 heterocycles. The van der Waals surface area contributed by atoms with Crippen LogP contribution in [0.2, 0.25) is 0 Å². The Balaban J connectivity index is 2.53. The molecule has 0 aliphatic rings. The molecule has 1 atom stereocenters. The van der Waals surface area contributed by atoms with Crippen LogP contribution in [0, 0.1) is 5.92 Å². The Morgan fingerprint density at radius 1 is 1.47 bits per heavy atom. The third-order valence-corrected chi connectivity index (χ3v) is 3.59. The number of carbonyl (C=O) groups excluding carboxylic acids is 1. The van der Waals surface area contributed by atoms with E-state index >= 15 is 0 Å². The van der Waals surface area contributed by atoms with Crippen LogP contribution in [-0.2, 0) is 11.3 Å². The van der Waals surface area contributed by atoms with Crippen molar-refractivity contribution in [1.29, 1.82) is 0 Å². The lowest BCUT2D eigenvalue weighted by Crippen LogP contribution is -2.45. The van der Waals surface area contributed by atoms with E-state index in [1.165, 1.54) is 0 Å². The Morgan fingerprint density at radius 3 is 2.63 bits per heavy atom. The van der Waals surface area contributed by atoms with Crippen LogP contribution in [0.4, 0.5) is 4.79 Å². The van der Waals surface area contributed by atoms with Crippen molar-refractivity contribution in [1.82, 2.24) is 10.2 Å². The minimum Gasteiger partial charge on any atom is -0.481 e. The molecule has 2 N–H and O–H groups in total. The molecule has 0 fully saturated rings. The number of nitrogens with one attached hydrogen (secondary N) is 1. The third kappa shape index (κ3) is 5.30. The maximum atomic E-state index is 12.0. The predicted octanol–water partition coefficient (Wildman–Crippen LogP) is 2.39. The van der Waals surface area contributed by atoms with Crippen molar-refractivity contribution in [2.75, 3.05) is 7.05 Å². The van der Waals surface area contributed by atoms with Crippen LogP contribution >= 0.6 is 11.3 Å². The van der Waals surface area contributed by atoms with Crippen LogP contribution in [0.25, 0.3) is 0 Å². The highest BCUT2D eigenvalue weighted by molar-refractivity contribution is 7.07. The van der Waals surface area contributed by atoms with E-state index in [-0.39, 0.29) is 24.4 Å². The number of hydrogen-bond donors (Lipinski definition) is 2. The Kier molecular flexibility index (Phi) is 5.82. The van der Waals surface area contributed by atoms with E-state index in [0.29, 0.717) is 6.54 Å². The van der Waals surface area contributed by atoms with Gasteiger partial charge in [-0.25, -0.2) is 4.79 Å². The standard InChI is InChI=1S/C13H20N2O3S/c1-9(2)11(6-12(16)17)14-13(18)15(3)7-10-4-5-19-8-10/h4-5,8-9,11H,6-7H2,1-3H3,(H,14,18)(H,16,17). The molecule has 19 heavy (non-hydrogen) atoms. The number of urea groups is 1. The first-order valence-corrected chi connectivity index (χ1v) is 7.09. The molecule has 0 spiro atoms. The number of aliphatic carboxylic acids is 1. The molecule has 2 amide bonds. The molecule has 0 bridgehead atoms. The van der Waals surface area contributed by atoms with Crippen molar-refractivity contribution in [2.24, 2.45) is 5.92 Å². The first kappa shape index (κ1) is 15.5. The van der Waals surface area contributed by atoms with Gasteiger partial charge in [-0.2, -0.15) is 11.3 Å². The van der Waals surface area contributed by atoms with Crippen LogP contribution < -0.4 is 5.32 Å². The van der Waals surface area contributed by atoms with Gasteiger partial charge in [0.1, 0.15) is 0 Å². The molecule has 0 radical (unpaired) electrons. The maximum absolute atomic E-state index is 12.0. The second kappa shape index (κ2) is 7.13. The van der Waals surface area contributed by atoms with E-state index < -0.39 is 5.97 Å². The van der Waals surface area contributed by atoms with Gasteiger partial charge in [-0.05, 0) is 28.3 Å². The summed E-state index contributed by atoms with van der Waals surface area (Å²) < 4.78 is 0. The molecule has 106 valence electrons. The smallest absolute Gasteiger partial charge is 0.317 e. The van der Waals surface area contributed by atoms with Crippen LogP contribution in [-0.4, -0.2) is 35.1 Å². The fraction of sp³-hybridized carbons (Fsp3) is 0.538. The molecule has 1 unspecified atom stereocenters. The summed E-state index contributed by atoms with van der Waals surface area (Å²) in [7, 11) is 1.70. The van der Waals surface area contributed by atoms with Crippen LogP contribution in [0.1, 0.15) is 25.8 Å². The summed E-state index contributed by atoms with van der Waals surface area (Å²) in [6, 6.07) is 1.37. The number of rotatable bonds is 6. The average Bonchev–Trinajstić information content (AvgIpc) is 2.79. The monoisotopic (exact) mass is 284 g/mol.